The van der Waals surface area contributed by atoms with E-state index in [1.54, 1.807) is 6.20 Å². The lowest BCUT2D eigenvalue weighted by atomic mass is 10.2. The number of amides is 1. The second kappa shape index (κ2) is 5.51. The number of aryl methyl sites for hydroxylation is 1. The number of benzene rings is 1. The van der Waals surface area contributed by atoms with Crippen molar-refractivity contribution >= 4 is 5.91 Å². The predicted molar refractivity (Wildman–Crippen MR) is 65.1 cm³/mol. The molecule has 0 spiro atoms. The van der Waals surface area contributed by atoms with E-state index < -0.39 is 17.5 Å². The molecule has 0 atom stereocenters. The van der Waals surface area contributed by atoms with Crippen molar-refractivity contribution < 1.29 is 18.7 Å². The minimum absolute atomic E-state index is 0.00340. The molecular weight excluding hydrogens is 251 g/mol. The maximum atomic E-state index is 12.8. The number of halogens is 1. The summed E-state index contributed by atoms with van der Waals surface area (Å²) >= 11 is 0. The van der Waals surface area contributed by atoms with E-state index in [1.165, 1.54) is 6.07 Å². The van der Waals surface area contributed by atoms with Crippen LogP contribution in [0.15, 0.2) is 28.8 Å². The van der Waals surface area contributed by atoms with Gasteiger partial charge in [-0.3, -0.25) is 4.79 Å². The van der Waals surface area contributed by atoms with Crippen LogP contribution in [0.25, 0.3) is 0 Å². The summed E-state index contributed by atoms with van der Waals surface area (Å²) < 4.78 is 18.1. The first-order chi connectivity index (χ1) is 9.10. The van der Waals surface area contributed by atoms with E-state index in [4.69, 9.17) is 4.42 Å². The van der Waals surface area contributed by atoms with Crippen molar-refractivity contribution in [1.29, 1.82) is 0 Å². The molecule has 0 saturated heterocycles. The maximum absolute atomic E-state index is 12.8. The molecule has 0 fully saturated rings. The molecule has 6 heteroatoms. The summed E-state index contributed by atoms with van der Waals surface area (Å²) in [5.74, 6) is -0.414. The number of oxazole rings is 1. The van der Waals surface area contributed by atoms with Crippen LogP contribution in [0.2, 0.25) is 0 Å². The van der Waals surface area contributed by atoms with Gasteiger partial charge in [-0.05, 0) is 12.1 Å². The monoisotopic (exact) mass is 264 g/mol. The van der Waals surface area contributed by atoms with Crippen LogP contribution in [0.3, 0.4) is 0 Å². The van der Waals surface area contributed by atoms with E-state index in [9.17, 15) is 14.3 Å². The molecule has 1 aromatic heterocycles. The van der Waals surface area contributed by atoms with Crippen molar-refractivity contribution in [3.8, 4) is 5.75 Å². The van der Waals surface area contributed by atoms with Gasteiger partial charge >= 0.3 is 0 Å². The Morgan fingerprint density at radius 1 is 1.53 bits per heavy atom. The Kier molecular flexibility index (Phi) is 3.79. The van der Waals surface area contributed by atoms with Crippen LogP contribution in [-0.4, -0.2) is 16.0 Å². The molecule has 2 aromatic rings. The van der Waals surface area contributed by atoms with Crippen molar-refractivity contribution in [2.75, 3.05) is 0 Å². The number of phenolic OH excluding ortho intramolecular Hbond substituents is 1. The van der Waals surface area contributed by atoms with Gasteiger partial charge in [0.05, 0.1) is 18.3 Å². The fourth-order valence-electron chi connectivity index (χ4n) is 1.54. The first-order valence-corrected chi connectivity index (χ1v) is 5.80. The molecule has 2 N–H and O–H groups in total. The lowest BCUT2D eigenvalue weighted by Gasteiger charge is -2.04. The number of aromatic hydroxyl groups is 1. The number of phenols is 1. The Bertz CT molecular complexity index is 595. The van der Waals surface area contributed by atoms with Gasteiger partial charge in [0.25, 0.3) is 5.91 Å². The maximum Gasteiger partial charge on any atom is 0.255 e. The predicted octanol–water partition coefficient (Wildman–Crippen LogP) is 2.01. The molecule has 0 radical (unpaired) electrons. The number of carbonyl (C=O) groups excluding carboxylic acids is 1. The van der Waals surface area contributed by atoms with Gasteiger partial charge in [-0.25, -0.2) is 9.37 Å². The van der Waals surface area contributed by atoms with Crippen LogP contribution in [0.1, 0.15) is 28.9 Å². The second-order valence-electron chi connectivity index (χ2n) is 3.92. The molecule has 0 saturated carbocycles. The van der Waals surface area contributed by atoms with Crippen LogP contribution >= 0.6 is 0 Å². The van der Waals surface area contributed by atoms with E-state index in [0.29, 0.717) is 5.89 Å². The molecule has 5 nitrogen and oxygen atoms in total. The Hall–Kier alpha value is -2.37. The molecule has 1 amide bonds. The average Bonchev–Trinajstić information content (AvgIpc) is 2.84. The number of hydrogen-bond donors (Lipinski definition) is 2. The van der Waals surface area contributed by atoms with Crippen LogP contribution in [0.4, 0.5) is 4.39 Å². The van der Waals surface area contributed by atoms with Crippen molar-refractivity contribution in [2.24, 2.45) is 0 Å². The third-order valence-corrected chi connectivity index (χ3v) is 2.55. The van der Waals surface area contributed by atoms with E-state index >= 15 is 0 Å². The third kappa shape index (κ3) is 3.09. The first kappa shape index (κ1) is 13.1. The highest BCUT2D eigenvalue weighted by molar-refractivity contribution is 5.96. The molecule has 0 aliphatic carbocycles. The van der Waals surface area contributed by atoms with Gasteiger partial charge in [0.15, 0.2) is 0 Å². The number of hydrogen-bond acceptors (Lipinski definition) is 4. The first-order valence-electron chi connectivity index (χ1n) is 5.80. The quantitative estimate of drug-likeness (QED) is 0.885. The Morgan fingerprint density at radius 3 is 2.95 bits per heavy atom. The molecular formula is C13H13FN2O3. The highest BCUT2D eigenvalue weighted by Gasteiger charge is 2.12. The van der Waals surface area contributed by atoms with Gasteiger partial charge in [0.2, 0.25) is 5.89 Å². The molecule has 1 aromatic carbocycles. The zero-order chi connectivity index (χ0) is 13.8. The van der Waals surface area contributed by atoms with Crippen LogP contribution in [0, 0.1) is 5.82 Å². The van der Waals surface area contributed by atoms with Crippen molar-refractivity contribution in [3.05, 3.63) is 47.4 Å². The Labute approximate surface area is 109 Å². The summed E-state index contributed by atoms with van der Waals surface area (Å²) in [6.45, 7) is 2.04. The van der Waals surface area contributed by atoms with Crippen LogP contribution in [-0.2, 0) is 13.0 Å². The standard InChI is InChI=1S/C13H13FN2O3/c1-2-9-6-15-12(19-9)7-16-13(18)10-4-3-8(14)5-11(10)17/h3-6,17H,2,7H2,1H3,(H,16,18). The van der Waals surface area contributed by atoms with Crippen molar-refractivity contribution in [1.82, 2.24) is 10.3 Å². The minimum atomic E-state index is -0.602. The molecule has 0 aliphatic rings. The zero-order valence-electron chi connectivity index (χ0n) is 10.3. The number of aromatic nitrogens is 1. The van der Waals surface area contributed by atoms with Gasteiger partial charge in [-0.1, -0.05) is 6.92 Å². The fraction of sp³-hybridized carbons (Fsp3) is 0.231. The smallest absolute Gasteiger partial charge is 0.255 e. The zero-order valence-corrected chi connectivity index (χ0v) is 10.3. The molecule has 0 unspecified atom stereocenters. The van der Waals surface area contributed by atoms with Crippen molar-refractivity contribution in [3.63, 3.8) is 0 Å². The van der Waals surface area contributed by atoms with Crippen LogP contribution in [0.5, 0.6) is 5.75 Å². The van der Waals surface area contributed by atoms with Crippen molar-refractivity contribution in [2.45, 2.75) is 19.9 Å². The van der Waals surface area contributed by atoms with Gasteiger partial charge in [0.1, 0.15) is 17.3 Å². The number of nitrogens with one attached hydrogen (secondary N) is 1. The Balaban J connectivity index is 2.01. The number of carbonyl (C=O) groups is 1. The topological polar surface area (TPSA) is 75.4 Å². The van der Waals surface area contributed by atoms with E-state index in [1.807, 2.05) is 6.92 Å². The van der Waals surface area contributed by atoms with Crippen LogP contribution < -0.4 is 5.32 Å². The fourth-order valence-corrected chi connectivity index (χ4v) is 1.54. The lowest BCUT2D eigenvalue weighted by Crippen LogP contribution is -2.23. The normalized spacial score (nSPS) is 10.4. The summed E-state index contributed by atoms with van der Waals surface area (Å²) in [5.41, 5.74) is 0.00340. The minimum Gasteiger partial charge on any atom is -0.507 e. The largest absolute Gasteiger partial charge is 0.507 e. The highest BCUT2D eigenvalue weighted by Crippen LogP contribution is 2.17. The van der Waals surface area contributed by atoms with Gasteiger partial charge in [-0.2, -0.15) is 0 Å². The van der Waals surface area contributed by atoms with Gasteiger partial charge in [-0.15, -0.1) is 0 Å². The molecule has 0 bridgehead atoms. The average molecular weight is 264 g/mol. The Morgan fingerprint density at radius 2 is 2.32 bits per heavy atom. The van der Waals surface area contributed by atoms with E-state index in [-0.39, 0.29) is 12.1 Å². The molecule has 100 valence electrons. The lowest BCUT2D eigenvalue weighted by molar-refractivity contribution is 0.0944. The van der Waals surface area contributed by atoms with E-state index in [0.717, 1.165) is 24.3 Å². The second-order valence-corrected chi connectivity index (χ2v) is 3.92. The summed E-state index contributed by atoms with van der Waals surface area (Å²) in [5, 5.41) is 12.0. The summed E-state index contributed by atoms with van der Waals surface area (Å²) in [6.07, 6.45) is 2.32. The molecule has 1 heterocycles. The molecule has 0 aliphatic heterocycles. The summed E-state index contributed by atoms with van der Waals surface area (Å²) in [4.78, 5) is 15.7. The number of rotatable bonds is 4. The summed E-state index contributed by atoms with van der Waals surface area (Å²) in [7, 11) is 0. The highest BCUT2D eigenvalue weighted by atomic mass is 19.1. The molecule has 2 rings (SSSR count). The molecule has 19 heavy (non-hydrogen) atoms. The van der Waals surface area contributed by atoms with E-state index in [2.05, 4.69) is 10.3 Å². The summed E-state index contributed by atoms with van der Waals surface area (Å²) in [6, 6.07) is 3.21. The van der Waals surface area contributed by atoms with Gasteiger partial charge in [0, 0.05) is 12.5 Å². The SMILES string of the molecule is CCc1cnc(CNC(=O)c2ccc(F)cc2O)o1. The third-order valence-electron chi connectivity index (χ3n) is 2.55. The number of nitrogens with zero attached hydrogens (tertiary/aromatic N) is 1. The van der Waals surface area contributed by atoms with Gasteiger partial charge < -0.3 is 14.8 Å².